The summed E-state index contributed by atoms with van der Waals surface area (Å²) >= 11 is 0. The van der Waals surface area contributed by atoms with E-state index in [1.54, 1.807) is 53.8 Å². The molecule has 0 radical (unpaired) electrons. The van der Waals surface area contributed by atoms with E-state index in [9.17, 15) is 39.6 Å². The third-order valence-corrected chi connectivity index (χ3v) is 18.0. The molecular formula is C62H99N5O16. The molecule has 18 atom stereocenters. The van der Waals surface area contributed by atoms with Crippen LogP contribution in [0.5, 0.6) is 0 Å². The van der Waals surface area contributed by atoms with E-state index in [0.29, 0.717) is 62.2 Å². The monoisotopic (exact) mass is 1170 g/mol. The molecule has 468 valence electrons. The van der Waals surface area contributed by atoms with Gasteiger partial charge in [0.25, 0.3) is 0 Å². The number of aliphatic hydroxyl groups is 4. The van der Waals surface area contributed by atoms with Crippen LogP contribution in [0.25, 0.3) is 10.9 Å². The summed E-state index contributed by atoms with van der Waals surface area (Å²) in [7, 11) is 7.12. The maximum absolute atomic E-state index is 14.6. The number of fused-ring (bicyclic) bond motifs is 1. The first-order valence-corrected chi connectivity index (χ1v) is 30.0. The highest BCUT2D eigenvalue weighted by atomic mass is 16.7. The number of hydrogen-bond donors (Lipinski definition) is 4. The molecule has 4 aliphatic heterocycles. The van der Waals surface area contributed by atoms with Gasteiger partial charge >= 0.3 is 17.9 Å². The Morgan fingerprint density at radius 2 is 1.58 bits per heavy atom. The van der Waals surface area contributed by atoms with Crippen LogP contribution in [0.2, 0.25) is 0 Å². The number of carbonyl (C=O) groups is 3. The molecule has 4 N–H and O–H groups in total. The molecule has 4 aliphatic rings. The zero-order valence-electron chi connectivity index (χ0n) is 52.3. The van der Waals surface area contributed by atoms with Crippen molar-refractivity contribution in [1.29, 1.82) is 0 Å². The average Bonchev–Trinajstić information content (AvgIpc) is 3.50. The number of benzene rings is 1. The van der Waals surface area contributed by atoms with Gasteiger partial charge in [-0.05, 0) is 127 Å². The number of likely N-dealkylation sites (N-methyl/N-ethyl adjacent to an activating group) is 2. The fourth-order valence-electron chi connectivity index (χ4n) is 12.9. The summed E-state index contributed by atoms with van der Waals surface area (Å²) < 4.78 is 52.2. The summed E-state index contributed by atoms with van der Waals surface area (Å²) in [6, 6.07) is 4.55. The number of hydrogen-bond acceptors (Lipinski definition) is 20. The average molecular weight is 1170 g/mol. The summed E-state index contributed by atoms with van der Waals surface area (Å²) in [6.07, 6.45) is -7.26. The Balaban J connectivity index is 1.15. The summed E-state index contributed by atoms with van der Waals surface area (Å²) in [4.78, 5) is 62.6. The van der Waals surface area contributed by atoms with E-state index in [0.717, 1.165) is 13.1 Å². The fourth-order valence-corrected chi connectivity index (χ4v) is 12.9. The number of ether oxygens (including phenoxy) is 8. The van der Waals surface area contributed by atoms with Crippen LogP contribution in [0, 0.1) is 29.6 Å². The number of aliphatic hydroxyl groups excluding tert-OH is 2. The highest BCUT2D eigenvalue weighted by molar-refractivity contribution is 5.94. The van der Waals surface area contributed by atoms with Crippen molar-refractivity contribution >= 4 is 28.8 Å². The maximum Gasteiger partial charge on any atom is 0.343 e. The standard InChI is InChI=1S/C62H99N5O16/c1-17-48-62(12,75)54(71)41(8)64(15)35-37(4)33-60(10,74)55(83-59-52(70)47(63(13)14)31-38(5)78-59)39(6)53(40(7)57(72)80-48)82-50-34-61(11,76-16)56(42(9)79-50)81-49(68)24-26-66-29-27-65(28-30-66)25-20-21-43-22-23-46-44(32-43)51(69)45(36-67(46)18-2)58(73)77-19-3/h22-23,32,36-42,47-48,50,52-56,59,70-71,74-75H,17-19,24-31,33-35H2,1-16H3/t37-,38-,39+,40-,41-,42+,47+,48-,50?,52+,53+,54-,55-,56+,59?,60-,61+,62-/m1/s1. The van der Waals surface area contributed by atoms with E-state index in [4.69, 9.17) is 37.9 Å². The van der Waals surface area contributed by atoms with E-state index >= 15 is 0 Å². The van der Waals surface area contributed by atoms with E-state index in [2.05, 4.69) is 21.6 Å². The molecule has 4 saturated heterocycles. The molecule has 4 fully saturated rings. The van der Waals surface area contributed by atoms with Gasteiger partial charge in [-0.3, -0.25) is 19.3 Å². The zero-order chi connectivity index (χ0) is 61.5. The number of rotatable bonds is 15. The number of piperazine rings is 1. The van der Waals surface area contributed by atoms with E-state index < -0.39 is 108 Å². The molecule has 2 aromatic rings. The lowest BCUT2D eigenvalue weighted by molar-refractivity contribution is -0.318. The van der Waals surface area contributed by atoms with Gasteiger partial charge in [-0.25, -0.2) is 4.79 Å². The van der Waals surface area contributed by atoms with Crippen molar-refractivity contribution in [2.24, 2.45) is 17.8 Å². The van der Waals surface area contributed by atoms with Crippen LogP contribution in [-0.2, 0) is 54.0 Å². The third-order valence-electron chi connectivity index (χ3n) is 18.0. The number of cyclic esters (lactones) is 1. The Bertz CT molecular complexity index is 2610. The molecule has 1 aromatic carbocycles. The van der Waals surface area contributed by atoms with Crippen LogP contribution in [0.1, 0.15) is 131 Å². The molecule has 0 spiro atoms. The Morgan fingerprint density at radius 3 is 2.20 bits per heavy atom. The van der Waals surface area contributed by atoms with Crippen molar-refractivity contribution in [3.8, 4) is 11.8 Å². The van der Waals surface area contributed by atoms with Crippen molar-refractivity contribution in [1.82, 2.24) is 24.2 Å². The molecule has 21 heteroatoms. The van der Waals surface area contributed by atoms with Crippen molar-refractivity contribution < 1.29 is 72.7 Å². The first kappa shape index (κ1) is 68.0. The number of carbonyl (C=O) groups excluding carboxylic acids is 3. The second-order valence-corrected chi connectivity index (χ2v) is 24.9. The maximum atomic E-state index is 14.6. The van der Waals surface area contributed by atoms with Crippen LogP contribution < -0.4 is 5.43 Å². The van der Waals surface area contributed by atoms with E-state index in [1.165, 1.54) is 14.0 Å². The van der Waals surface area contributed by atoms with Gasteiger partial charge in [0.2, 0.25) is 5.43 Å². The first-order valence-electron chi connectivity index (χ1n) is 30.0. The lowest BCUT2D eigenvalue weighted by Crippen LogP contribution is -2.61. The van der Waals surface area contributed by atoms with Crippen LogP contribution >= 0.6 is 0 Å². The van der Waals surface area contributed by atoms with Gasteiger partial charge in [0, 0.05) is 94.5 Å². The smallest absolute Gasteiger partial charge is 0.343 e. The quantitative estimate of drug-likeness (QED) is 0.112. The molecule has 0 aliphatic carbocycles. The lowest BCUT2D eigenvalue weighted by atomic mass is 9.77. The third kappa shape index (κ3) is 16.3. The van der Waals surface area contributed by atoms with Gasteiger partial charge in [0.05, 0.1) is 61.0 Å². The molecule has 0 bridgehead atoms. The second-order valence-electron chi connectivity index (χ2n) is 24.9. The van der Waals surface area contributed by atoms with Gasteiger partial charge in [-0.1, -0.05) is 32.6 Å². The van der Waals surface area contributed by atoms with Gasteiger partial charge in [0.1, 0.15) is 35.1 Å². The minimum atomic E-state index is -1.86. The molecule has 0 saturated carbocycles. The predicted octanol–water partition coefficient (Wildman–Crippen LogP) is 4.02. The van der Waals surface area contributed by atoms with Crippen LogP contribution in [0.4, 0.5) is 0 Å². The minimum Gasteiger partial charge on any atom is -0.462 e. The first-order chi connectivity index (χ1) is 39.0. The number of aryl methyl sites for hydroxylation is 1. The zero-order valence-corrected chi connectivity index (χ0v) is 52.3. The van der Waals surface area contributed by atoms with E-state index in [-0.39, 0.29) is 61.3 Å². The number of nitrogens with zero attached hydrogens (tertiary/aromatic N) is 5. The highest BCUT2D eigenvalue weighted by Crippen LogP contribution is 2.41. The van der Waals surface area contributed by atoms with Crippen molar-refractivity contribution in [2.75, 3.05) is 80.7 Å². The van der Waals surface area contributed by atoms with Crippen LogP contribution in [0.15, 0.2) is 29.2 Å². The number of methoxy groups -OCH3 is 1. The summed E-state index contributed by atoms with van der Waals surface area (Å²) in [5.41, 5.74) is -3.63. The van der Waals surface area contributed by atoms with E-state index in [1.807, 2.05) is 82.3 Å². The molecular weight excluding hydrogens is 1070 g/mol. The SMILES string of the molecule is CCOC(=O)c1cn(CC)c2ccc(C#CCN3CCN(CCC(=O)O[C@H]4[C@H](C)OC(O[C@H]5[C@H](C)[C@@H](OC6O[C@H](C)C[C@H](N(C)C)[C@@H]6O)[C@](C)(O)C[C@@H](C)CN(C)[C@H](C)[C@@H](O)[C@](C)(O)[C@@H](CC)OC(=O)[C@@H]5C)C[C@]4(C)OC)CC3)cc2c1=O. The Kier molecular flexibility index (Phi) is 23.8. The van der Waals surface area contributed by atoms with Crippen molar-refractivity contribution in [3.63, 3.8) is 0 Å². The Hall–Kier alpha value is -4.12. The second kappa shape index (κ2) is 29.0. The molecule has 21 nitrogen and oxygen atoms in total. The molecule has 0 amide bonds. The van der Waals surface area contributed by atoms with Gasteiger partial charge in [-0.2, -0.15) is 0 Å². The summed E-state index contributed by atoms with van der Waals surface area (Å²) in [6.45, 7) is 26.3. The Labute approximate surface area is 492 Å². The number of aromatic nitrogens is 1. The Morgan fingerprint density at radius 1 is 0.904 bits per heavy atom. The lowest BCUT2D eigenvalue weighted by Gasteiger charge is -2.49. The largest absolute Gasteiger partial charge is 0.462 e. The molecule has 83 heavy (non-hydrogen) atoms. The minimum absolute atomic E-state index is 0.00504. The van der Waals surface area contributed by atoms with Crippen molar-refractivity contribution in [2.45, 2.75) is 212 Å². The molecule has 1 aromatic heterocycles. The molecule has 5 heterocycles. The summed E-state index contributed by atoms with van der Waals surface area (Å²) in [5, 5.41) is 48.7. The molecule has 2 unspecified atom stereocenters. The van der Waals surface area contributed by atoms with Crippen molar-refractivity contribution in [3.05, 3.63) is 45.7 Å². The highest BCUT2D eigenvalue weighted by Gasteiger charge is 2.54. The predicted molar refractivity (Wildman–Crippen MR) is 312 cm³/mol. The normalized spacial score (nSPS) is 36.8. The van der Waals surface area contributed by atoms with Gasteiger partial charge in [0.15, 0.2) is 18.7 Å². The summed E-state index contributed by atoms with van der Waals surface area (Å²) in [5.74, 6) is 2.52. The van der Waals surface area contributed by atoms with Crippen LogP contribution in [0.3, 0.4) is 0 Å². The molecule has 6 rings (SSSR count). The number of pyridine rings is 1. The number of esters is 3. The fraction of sp³-hybridized carbons (Fsp3) is 0.774. The topological polar surface area (TPSA) is 241 Å². The van der Waals surface area contributed by atoms with Crippen LogP contribution in [-0.4, -0.2) is 233 Å². The van der Waals surface area contributed by atoms with Gasteiger partial charge < -0.3 is 77.6 Å². The van der Waals surface area contributed by atoms with Gasteiger partial charge in [-0.15, -0.1) is 0 Å².